The Morgan fingerprint density at radius 1 is 1.27 bits per heavy atom. The molecule has 1 nitrogen and oxygen atoms in total. The summed E-state index contributed by atoms with van der Waals surface area (Å²) < 4.78 is 12.8. The SMILES string of the molecule is Oc1ccc2c(c1)CC(F)C2. The third kappa shape index (κ3) is 1.09. The van der Waals surface area contributed by atoms with Crippen LogP contribution >= 0.6 is 0 Å². The molecule has 0 saturated heterocycles. The van der Waals surface area contributed by atoms with Gasteiger partial charge >= 0.3 is 0 Å². The fraction of sp³-hybridized carbons (Fsp3) is 0.333. The molecular formula is C9H9FO. The van der Waals surface area contributed by atoms with Crippen molar-refractivity contribution in [2.75, 3.05) is 0 Å². The highest BCUT2D eigenvalue weighted by atomic mass is 19.1. The molecule has 0 fully saturated rings. The van der Waals surface area contributed by atoms with Crippen molar-refractivity contribution in [3.63, 3.8) is 0 Å². The molecule has 0 amide bonds. The normalized spacial score (nSPS) is 21.7. The predicted octanol–water partition coefficient (Wildman–Crippen LogP) is 1.83. The van der Waals surface area contributed by atoms with Gasteiger partial charge in [0.1, 0.15) is 11.9 Å². The first kappa shape index (κ1) is 6.65. The van der Waals surface area contributed by atoms with E-state index in [0.29, 0.717) is 12.8 Å². The zero-order chi connectivity index (χ0) is 7.84. The van der Waals surface area contributed by atoms with Crippen molar-refractivity contribution in [1.29, 1.82) is 0 Å². The first-order valence-corrected chi connectivity index (χ1v) is 3.70. The molecule has 0 radical (unpaired) electrons. The monoisotopic (exact) mass is 152 g/mol. The van der Waals surface area contributed by atoms with Crippen LogP contribution < -0.4 is 0 Å². The average molecular weight is 152 g/mol. The minimum Gasteiger partial charge on any atom is -0.508 e. The fourth-order valence-corrected chi connectivity index (χ4v) is 1.55. The van der Waals surface area contributed by atoms with Crippen molar-refractivity contribution in [2.24, 2.45) is 0 Å². The zero-order valence-corrected chi connectivity index (χ0v) is 6.05. The molecule has 1 atom stereocenters. The zero-order valence-electron chi connectivity index (χ0n) is 6.05. The van der Waals surface area contributed by atoms with Gasteiger partial charge in [-0.2, -0.15) is 0 Å². The van der Waals surface area contributed by atoms with Crippen molar-refractivity contribution < 1.29 is 9.50 Å². The molecule has 1 aromatic carbocycles. The largest absolute Gasteiger partial charge is 0.508 e. The van der Waals surface area contributed by atoms with E-state index in [-0.39, 0.29) is 5.75 Å². The summed E-state index contributed by atoms with van der Waals surface area (Å²) in [6.07, 6.45) is 0.228. The number of benzene rings is 1. The maximum Gasteiger partial charge on any atom is 0.115 e. The highest BCUT2D eigenvalue weighted by molar-refractivity contribution is 5.38. The quantitative estimate of drug-likeness (QED) is 0.601. The van der Waals surface area contributed by atoms with Crippen molar-refractivity contribution in [2.45, 2.75) is 19.0 Å². The van der Waals surface area contributed by atoms with Gasteiger partial charge in [-0.05, 0) is 23.3 Å². The first-order valence-electron chi connectivity index (χ1n) is 3.70. The van der Waals surface area contributed by atoms with Crippen LogP contribution in [-0.2, 0) is 12.8 Å². The van der Waals surface area contributed by atoms with Crippen LogP contribution in [0.3, 0.4) is 0 Å². The lowest BCUT2D eigenvalue weighted by molar-refractivity contribution is 0.349. The Kier molecular flexibility index (Phi) is 1.34. The summed E-state index contributed by atoms with van der Waals surface area (Å²) in [4.78, 5) is 0. The Morgan fingerprint density at radius 2 is 2.00 bits per heavy atom. The van der Waals surface area contributed by atoms with Gasteiger partial charge in [0.15, 0.2) is 0 Å². The molecule has 1 N–H and O–H groups in total. The summed E-state index contributed by atoms with van der Waals surface area (Å²) in [5.41, 5.74) is 1.99. The Labute approximate surface area is 64.5 Å². The molecule has 1 aromatic rings. The third-order valence-corrected chi connectivity index (χ3v) is 2.07. The standard InChI is InChI=1S/C9H9FO/c10-8-3-6-1-2-9(11)5-7(6)4-8/h1-2,5,8,11H,3-4H2. The molecule has 0 bridgehead atoms. The average Bonchev–Trinajstić information content (AvgIpc) is 2.27. The maximum atomic E-state index is 12.8. The van der Waals surface area contributed by atoms with Crippen molar-refractivity contribution >= 4 is 0 Å². The number of rotatable bonds is 0. The van der Waals surface area contributed by atoms with E-state index < -0.39 is 6.17 Å². The van der Waals surface area contributed by atoms with E-state index in [0.717, 1.165) is 11.1 Å². The maximum absolute atomic E-state index is 12.8. The third-order valence-electron chi connectivity index (χ3n) is 2.07. The second kappa shape index (κ2) is 2.22. The number of alkyl halides is 1. The summed E-state index contributed by atoms with van der Waals surface area (Å²) in [5.74, 6) is 0.234. The van der Waals surface area contributed by atoms with Crippen LogP contribution in [0.25, 0.3) is 0 Å². The van der Waals surface area contributed by atoms with E-state index in [2.05, 4.69) is 0 Å². The highest BCUT2D eigenvalue weighted by Gasteiger charge is 2.20. The topological polar surface area (TPSA) is 20.2 Å². The van der Waals surface area contributed by atoms with Gasteiger partial charge in [-0.3, -0.25) is 0 Å². The van der Waals surface area contributed by atoms with Crippen molar-refractivity contribution in [1.82, 2.24) is 0 Å². The second-order valence-corrected chi connectivity index (χ2v) is 2.96. The summed E-state index contributed by atoms with van der Waals surface area (Å²) in [6, 6.07) is 5.05. The van der Waals surface area contributed by atoms with Crippen LogP contribution in [0.15, 0.2) is 18.2 Å². The molecule has 1 aliphatic carbocycles. The summed E-state index contributed by atoms with van der Waals surface area (Å²) in [6.45, 7) is 0. The van der Waals surface area contributed by atoms with Crippen molar-refractivity contribution in [3.8, 4) is 5.75 Å². The molecule has 0 spiro atoms. The fourth-order valence-electron chi connectivity index (χ4n) is 1.55. The van der Waals surface area contributed by atoms with Crippen LogP contribution in [0.4, 0.5) is 4.39 Å². The Morgan fingerprint density at radius 3 is 2.82 bits per heavy atom. The van der Waals surface area contributed by atoms with Gasteiger partial charge in [-0.15, -0.1) is 0 Å². The molecule has 2 rings (SSSR count). The lowest BCUT2D eigenvalue weighted by Gasteiger charge is -1.96. The molecule has 0 aromatic heterocycles. The molecule has 0 heterocycles. The Balaban J connectivity index is 2.43. The number of fused-ring (bicyclic) bond motifs is 1. The molecule has 2 heteroatoms. The summed E-state index contributed by atoms with van der Waals surface area (Å²) in [7, 11) is 0. The number of aromatic hydroxyl groups is 1. The molecule has 0 saturated carbocycles. The minimum absolute atomic E-state index is 0.234. The van der Waals surface area contributed by atoms with Crippen LogP contribution in [0, 0.1) is 0 Å². The van der Waals surface area contributed by atoms with Crippen LogP contribution in [0.1, 0.15) is 11.1 Å². The lowest BCUT2D eigenvalue weighted by Crippen LogP contribution is -1.95. The Bertz CT molecular complexity index is 283. The van der Waals surface area contributed by atoms with Crippen LogP contribution in [0.5, 0.6) is 5.75 Å². The number of phenolic OH excluding ortho intramolecular Hbond substituents is 1. The number of phenols is 1. The molecular weight excluding hydrogens is 143 g/mol. The molecule has 11 heavy (non-hydrogen) atoms. The van der Waals surface area contributed by atoms with E-state index in [1.807, 2.05) is 0 Å². The van der Waals surface area contributed by atoms with E-state index >= 15 is 0 Å². The van der Waals surface area contributed by atoms with Gasteiger partial charge in [0, 0.05) is 12.8 Å². The van der Waals surface area contributed by atoms with Gasteiger partial charge in [-0.25, -0.2) is 4.39 Å². The molecule has 1 unspecified atom stereocenters. The summed E-state index contributed by atoms with van der Waals surface area (Å²) >= 11 is 0. The minimum atomic E-state index is -0.744. The van der Waals surface area contributed by atoms with E-state index in [4.69, 9.17) is 5.11 Å². The molecule has 0 aliphatic heterocycles. The van der Waals surface area contributed by atoms with E-state index in [1.165, 1.54) is 0 Å². The van der Waals surface area contributed by atoms with Gasteiger partial charge in [0.25, 0.3) is 0 Å². The van der Waals surface area contributed by atoms with Gasteiger partial charge in [0.05, 0.1) is 0 Å². The lowest BCUT2D eigenvalue weighted by atomic mass is 10.1. The summed E-state index contributed by atoms with van der Waals surface area (Å²) in [5, 5.41) is 9.06. The molecule has 58 valence electrons. The van der Waals surface area contributed by atoms with E-state index in [1.54, 1.807) is 18.2 Å². The van der Waals surface area contributed by atoms with Gasteiger partial charge in [-0.1, -0.05) is 6.07 Å². The Hall–Kier alpha value is -1.05. The number of halogens is 1. The van der Waals surface area contributed by atoms with Crippen molar-refractivity contribution in [3.05, 3.63) is 29.3 Å². The van der Waals surface area contributed by atoms with E-state index in [9.17, 15) is 4.39 Å². The van der Waals surface area contributed by atoms with Crippen LogP contribution in [0.2, 0.25) is 0 Å². The second-order valence-electron chi connectivity index (χ2n) is 2.96. The van der Waals surface area contributed by atoms with Gasteiger partial charge in [0.2, 0.25) is 0 Å². The van der Waals surface area contributed by atoms with Crippen LogP contribution in [-0.4, -0.2) is 11.3 Å². The number of hydrogen-bond donors (Lipinski definition) is 1. The predicted molar refractivity (Wildman–Crippen MR) is 40.4 cm³/mol. The highest BCUT2D eigenvalue weighted by Crippen LogP contribution is 2.26. The smallest absolute Gasteiger partial charge is 0.115 e. The molecule has 1 aliphatic rings. The number of hydrogen-bond acceptors (Lipinski definition) is 1. The first-order chi connectivity index (χ1) is 5.25. The van der Waals surface area contributed by atoms with Gasteiger partial charge < -0.3 is 5.11 Å².